The van der Waals surface area contributed by atoms with E-state index >= 15 is 0 Å². The topological polar surface area (TPSA) is 80.3 Å². The highest BCUT2D eigenvalue weighted by molar-refractivity contribution is 7.92. The van der Waals surface area contributed by atoms with Crippen molar-refractivity contribution in [3.05, 3.63) is 58.1 Å². The van der Waals surface area contributed by atoms with Crippen LogP contribution >= 0.6 is 23.2 Å². The van der Waals surface area contributed by atoms with E-state index < -0.39 is 19.9 Å². The molecule has 9 heteroatoms. The average Bonchev–Trinajstić information content (AvgIpc) is 2.41. The van der Waals surface area contributed by atoms with E-state index in [4.69, 9.17) is 23.2 Å². The summed E-state index contributed by atoms with van der Waals surface area (Å²) >= 11 is 11.6. The molecule has 0 aliphatic heterocycles. The lowest BCUT2D eigenvalue weighted by Gasteiger charge is -2.09. The normalized spacial score (nSPS) is 12.1. The van der Waals surface area contributed by atoms with Gasteiger partial charge in [-0.05, 0) is 42.0 Å². The molecule has 0 atom stereocenters. The van der Waals surface area contributed by atoms with Gasteiger partial charge in [-0.15, -0.1) is 0 Å². The number of halogens is 2. The van der Waals surface area contributed by atoms with Gasteiger partial charge in [0, 0.05) is 11.9 Å². The van der Waals surface area contributed by atoms with E-state index in [2.05, 4.69) is 4.72 Å². The van der Waals surface area contributed by atoms with Crippen LogP contribution in [0.15, 0.2) is 47.4 Å². The molecule has 0 aliphatic rings. The van der Waals surface area contributed by atoms with Crippen LogP contribution in [-0.4, -0.2) is 23.1 Å². The van der Waals surface area contributed by atoms with Gasteiger partial charge < -0.3 is 0 Å². The Bertz CT molecular complexity index is 924. The number of hydrogen-bond donors (Lipinski definition) is 1. The number of sulfonamides is 1. The van der Waals surface area contributed by atoms with Crippen molar-refractivity contribution in [1.29, 1.82) is 0 Å². The van der Waals surface area contributed by atoms with Crippen molar-refractivity contribution < 1.29 is 16.8 Å². The zero-order chi connectivity index (χ0) is 17.3. The van der Waals surface area contributed by atoms with Crippen LogP contribution in [-0.2, 0) is 25.6 Å². The lowest BCUT2D eigenvalue weighted by molar-refractivity contribution is 0.599. The van der Waals surface area contributed by atoms with Gasteiger partial charge in [-0.25, -0.2) is 16.8 Å². The van der Waals surface area contributed by atoms with Crippen molar-refractivity contribution in [2.24, 2.45) is 0 Å². The van der Waals surface area contributed by atoms with E-state index in [-0.39, 0.29) is 21.4 Å². The molecule has 2 rings (SSSR count). The maximum atomic E-state index is 12.1. The molecular weight excluding hydrogens is 381 g/mol. The minimum absolute atomic E-state index is 0.116. The molecule has 0 heterocycles. The Hall–Kier alpha value is -1.28. The number of nitrogens with one attached hydrogen (secondary N) is 1. The van der Waals surface area contributed by atoms with Gasteiger partial charge in [0.25, 0.3) is 0 Å². The molecule has 0 radical (unpaired) electrons. The summed E-state index contributed by atoms with van der Waals surface area (Å²) in [7, 11) is -6.99. The summed E-state index contributed by atoms with van der Waals surface area (Å²) in [6, 6.07) is 10.0. The van der Waals surface area contributed by atoms with Crippen LogP contribution in [0.5, 0.6) is 0 Å². The van der Waals surface area contributed by atoms with Gasteiger partial charge in [-0.3, -0.25) is 4.72 Å². The van der Waals surface area contributed by atoms with E-state index in [9.17, 15) is 16.8 Å². The summed E-state index contributed by atoms with van der Waals surface area (Å²) in [6.07, 6.45) is 1.08. The fraction of sp³-hybridized carbons (Fsp3) is 0.143. The number of sulfone groups is 1. The fourth-order valence-electron chi connectivity index (χ4n) is 1.83. The Kier molecular flexibility index (Phi) is 5.25. The van der Waals surface area contributed by atoms with Gasteiger partial charge in [-0.1, -0.05) is 29.3 Å². The molecule has 0 unspecified atom stereocenters. The molecule has 0 bridgehead atoms. The zero-order valence-electron chi connectivity index (χ0n) is 12.0. The second kappa shape index (κ2) is 6.68. The maximum absolute atomic E-state index is 12.1. The lowest BCUT2D eigenvalue weighted by atomic mass is 10.2. The van der Waals surface area contributed by atoms with Crippen molar-refractivity contribution in [3.8, 4) is 0 Å². The third kappa shape index (κ3) is 5.10. The monoisotopic (exact) mass is 393 g/mol. The van der Waals surface area contributed by atoms with Crippen LogP contribution < -0.4 is 4.72 Å². The molecule has 1 N–H and O–H groups in total. The summed E-state index contributed by atoms with van der Waals surface area (Å²) in [5.74, 6) is -0.280. The Morgan fingerprint density at radius 2 is 1.52 bits per heavy atom. The zero-order valence-corrected chi connectivity index (χ0v) is 15.1. The highest BCUT2D eigenvalue weighted by Crippen LogP contribution is 2.24. The molecule has 0 fully saturated rings. The first-order valence-electron chi connectivity index (χ1n) is 6.31. The maximum Gasteiger partial charge on any atom is 0.236 e. The Morgan fingerprint density at radius 1 is 0.913 bits per heavy atom. The molecule has 2 aromatic rings. The quantitative estimate of drug-likeness (QED) is 0.844. The number of benzene rings is 2. The van der Waals surface area contributed by atoms with Crippen LogP contribution in [0.3, 0.4) is 0 Å². The molecule has 2 aromatic carbocycles. The summed E-state index contributed by atoms with van der Waals surface area (Å²) in [4.78, 5) is 0.116. The molecule has 124 valence electrons. The second-order valence-corrected chi connectivity index (χ2v) is 9.46. The minimum Gasteiger partial charge on any atom is -0.283 e. The van der Waals surface area contributed by atoms with Crippen LogP contribution in [0, 0.1) is 0 Å². The fourth-order valence-corrected chi connectivity index (χ4v) is 3.97. The van der Waals surface area contributed by atoms with Gasteiger partial charge in [0.15, 0.2) is 9.84 Å². The van der Waals surface area contributed by atoms with Gasteiger partial charge in [0.2, 0.25) is 10.0 Å². The van der Waals surface area contributed by atoms with E-state index in [1.54, 1.807) is 6.07 Å². The Balaban J connectivity index is 2.16. The summed E-state index contributed by atoms with van der Waals surface area (Å²) in [6.45, 7) is 0. The number of hydrogen-bond acceptors (Lipinski definition) is 4. The second-order valence-electron chi connectivity index (χ2n) is 4.91. The highest BCUT2D eigenvalue weighted by atomic mass is 35.5. The first-order valence-corrected chi connectivity index (χ1v) is 10.6. The lowest BCUT2D eigenvalue weighted by Crippen LogP contribution is -2.15. The largest absolute Gasteiger partial charge is 0.283 e. The molecule has 0 spiro atoms. The SMILES string of the molecule is CS(=O)(=O)c1ccc(NS(=O)(=O)Cc2ccc(Cl)c(Cl)c2)cc1. The average molecular weight is 394 g/mol. The van der Waals surface area contributed by atoms with Crippen LogP contribution in [0.2, 0.25) is 10.0 Å². The smallest absolute Gasteiger partial charge is 0.236 e. The summed E-state index contributed by atoms with van der Waals surface area (Å²) in [5.41, 5.74) is 0.761. The van der Waals surface area contributed by atoms with Crippen molar-refractivity contribution in [3.63, 3.8) is 0 Å². The van der Waals surface area contributed by atoms with Crippen LogP contribution in [0.1, 0.15) is 5.56 Å². The third-order valence-electron chi connectivity index (χ3n) is 2.90. The van der Waals surface area contributed by atoms with E-state index in [0.29, 0.717) is 10.6 Å². The van der Waals surface area contributed by atoms with Gasteiger partial charge in [-0.2, -0.15) is 0 Å². The van der Waals surface area contributed by atoms with Gasteiger partial charge >= 0.3 is 0 Å². The molecule has 5 nitrogen and oxygen atoms in total. The van der Waals surface area contributed by atoms with E-state index in [0.717, 1.165) is 6.26 Å². The van der Waals surface area contributed by atoms with E-state index in [1.165, 1.54) is 36.4 Å². The molecule has 0 aliphatic carbocycles. The predicted molar refractivity (Wildman–Crippen MR) is 92.3 cm³/mol. The summed E-state index contributed by atoms with van der Waals surface area (Å²) < 4.78 is 49.4. The third-order valence-corrected chi connectivity index (χ3v) is 6.02. The number of anilines is 1. The van der Waals surface area contributed by atoms with Gasteiger partial charge in [0.1, 0.15) is 0 Å². The van der Waals surface area contributed by atoms with E-state index in [1.807, 2.05) is 0 Å². The molecule has 0 saturated heterocycles. The summed E-state index contributed by atoms with van der Waals surface area (Å²) in [5, 5.41) is 0.619. The first-order chi connectivity index (χ1) is 10.6. The molecule has 0 amide bonds. The standard InChI is InChI=1S/C14H13Cl2NO4S2/c1-22(18,19)12-5-3-11(4-6-12)17-23(20,21)9-10-2-7-13(15)14(16)8-10/h2-8,17H,9H2,1H3. The van der Waals surface area contributed by atoms with Crippen LogP contribution in [0.25, 0.3) is 0 Å². The van der Waals surface area contributed by atoms with Crippen molar-refractivity contribution >= 4 is 48.7 Å². The van der Waals surface area contributed by atoms with Gasteiger partial charge in [0.05, 0.1) is 20.7 Å². The van der Waals surface area contributed by atoms with Crippen molar-refractivity contribution in [2.75, 3.05) is 11.0 Å². The Morgan fingerprint density at radius 3 is 2.04 bits per heavy atom. The number of rotatable bonds is 5. The molecule has 0 aromatic heterocycles. The predicted octanol–water partition coefficient (Wildman–Crippen LogP) is 3.34. The highest BCUT2D eigenvalue weighted by Gasteiger charge is 2.14. The molecular formula is C14H13Cl2NO4S2. The Labute approximate surface area is 145 Å². The molecule has 23 heavy (non-hydrogen) atoms. The molecule has 0 saturated carbocycles. The van der Waals surface area contributed by atoms with Crippen molar-refractivity contribution in [2.45, 2.75) is 10.6 Å². The van der Waals surface area contributed by atoms with Crippen LogP contribution in [0.4, 0.5) is 5.69 Å². The minimum atomic E-state index is -3.67. The first kappa shape index (κ1) is 18.1. The van der Waals surface area contributed by atoms with Crippen molar-refractivity contribution in [1.82, 2.24) is 0 Å².